The third kappa shape index (κ3) is 2.38. The van der Waals surface area contributed by atoms with Gasteiger partial charge in [-0.05, 0) is 35.0 Å². The van der Waals surface area contributed by atoms with Gasteiger partial charge in [-0.25, -0.2) is 0 Å². The zero-order valence-corrected chi connectivity index (χ0v) is 19.1. The van der Waals surface area contributed by atoms with Crippen LogP contribution in [0.5, 0.6) is 0 Å². The van der Waals surface area contributed by atoms with Crippen LogP contribution in [-0.4, -0.2) is 8.80 Å². The van der Waals surface area contributed by atoms with Gasteiger partial charge in [0.15, 0.2) is 0 Å². The minimum atomic E-state index is -0.0709. The molecule has 4 heterocycles. The Hall–Kier alpha value is -4.96. The normalized spacial score (nSPS) is 12.1. The first-order valence-electron chi connectivity index (χ1n) is 12.0. The summed E-state index contributed by atoms with van der Waals surface area (Å²) in [6.07, 6.45) is 1.90. The van der Waals surface area contributed by atoms with Crippen LogP contribution in [0.25, 0.3) is 65.0 Å². The first kappa shape index (κ1) is 19.4. The average Bonchev–Trinajstić information content (AvgIpc) is 3.44. The number of hydrogen-bond donors (Lipinski definition) is 0. The number of aromatic nitrogens is 2. The lowest BCUT2D eigenvalue weighted by molar-refractivity contribution is 1.16. The molecule has 0 unspecified atom stereocenters. The van der Waals surface area contributed by atoms with Crippen LogP contribution in [0.1, 0.15) is 0 Å². The van der Waals surface area contributed by atoms with Crippen molar-refractivity contribution in [1.82, 2.24) is 8.80 Å². The molecule has 168 valence electrons. The summed E-state index contributed by atoms with van der Waals surface area (Å²) in [5, 5.41) is 8.10. The maximum absolute atomic E-state index is 13.8. The van der Waals surface area contributed by atoms with E-state index in [-0.39, 0.29) is 11.1 Å². The number of benzene rings is 4. The van der Waals surface area contributed by atoms with E-state index >= 15 is 0 Å². The summed E-state index contributed by atoms with van der Waals surface area (Å²) in [4.78, 5) is 27.5. The Bertz CT molecular complexity index is 2360. The fourth-order valence-electron chi connectivity index (χ4n) is 5.85. The molecule has 4 aromatic heterocycles. The Morgan fingerprint density at radius 1 is 0.444 bits per heavy atom. The third-order valence-corrected chi connectivity index (χ3v) is 7.47. The van der Waals surface area contributed by atoms with Crippen LogP contribution in [-0.2, 0) is 0 Å². The van der Waals surface area contributed by atoms with Gasteiger partial charge in [-0.3, -0.25) is 18.4 Å². The Labute approximate surface area is 203 Å². The molecule has 0 saturated heterocycles. The highest BCUT2D eigenvalue weighted by molar-refractivity contribution is 6.22. The van der Waals surface area contributed by atoms with E-state index in [2.05, 4.69) is 24.3 Å². The van der Waals surface area contributed by atoms with E-state index in [9.17, 15) is 9.59 Å². The zero-order valence-electron chi connectivity index (χ0n) is 19.1. The van der Waals surface area contributed by atoms with Gasteiger partial charge in [-0.2, -0.15) is 0 Å². The van der Waals surface area contributed by atoms with Gasteiger partial charge < -0.3 is 0 Å². The number of para-hydroxylation sites is 1. The maximum Gasteiger partial charge on any atom is 0.263 e. The van der Waals surface area contributed by atoms with Crippen molar-refractivity contribution < 1.29 is 0 Å². The van der Waals surface area contributed by atoms with Gasteiger partial charge in [-0.15, -0.1) is 0 Å². The zero-order chi connectivity index (χ0) is 24.0. The largest absolute Gasteiger partial charge is 0.283 e. The van der Waals surface area contributed by atoms with E-state index in [0.717, 1.165) is 54.3 Å². The molecule has 0 spiro atoms. The van der Waals surface area contributed by atoms with Crippen molar-refractivity contribution in [1.29, 1.82) is 0 Å². The minimum Gasteiger partial charge on any atom is -0.283 e. The minimum absolute atomic E-state index is 0.0222. The number of rotatable bonds is 0. The summed E-state index contributed by atoms with van der Waals surface area (Å²) in [7, 11) is 0. The lowest BCUT2D eigenvalue weighted by Crippen LogP contribution is -2.12. The molecule has 0 aliphatic rings. The number of pyridine rings is 1. The fourth-order valence-corrected chi connectivity index (χ4v) is 5.85. The van der Waals surface area contributed by atoms with Crippen LogP contribution in [0.4, 0.5) is 0 Å². The van der Waals surface area contributed by atoms with Crippen molar-refractivity contribution in [3.8, 4) is 0 Å². The smallest absolute Gasteiger partial charge is 0.263 e. The highest BCUT2D eigenvalue weighted by Crippen LogP contribution is 2.36. The molecule has 0 radical (unpaired) electrons. The highest BCUT2D eigenvalue weighted by Gasteiger charge is 2.18. The van der Waals surface area contributed by atoms with Crippen molar-refractivity contribution in [3.05, 3.63) is 130 Å². The van der Waals surface area contributed by atoms with Crippen LogP contribution in [0, 0.1) is 0 Å². The van der Waals surface area contributed by atoms with E-state index in [4.69, 9.17) is 0 Å². The Morgan fingerprint density at radius 3 is 1.81 bits per heavy atom. The molecule has 8 rings (SSSR count). The van der Waals surface area contributed by atoms with Crippen molar-refractivity contribution >= 4 is 65.0 Å². The Morgan fingerprint density at radius 2 is 1.03 bits per heavy atom. The number of fused-ring (bicyclic) bond motifs is 11. The van der Waals surface area contributed by atoms with Crippen LogP contribution in [0.3, 0.4) is 0 Å². The Kier molecular flexibility index (Phi) is 3.66. The predicted molar refractivity (Wildman–Crippen MR) is 148 cm³/mol. The van der Waals surface area contributed by atoms with Gasteiger partial charge in [0.1, 0.15) is 0 Å². The van der Waals surface area contributed by atoms with Crippen LogP contribution < -0.4 is 11.1 Å². The molecule has 4 aromatic carbocycles. The number of hydrogen-bond acceptors (Lipinski definition) is 2. The van der Waals surface area contributed by atoms with Gasteiger partial charge in [0, 0.05) is 43.9 Å². The first-order chi connectivity index (χ1) is 17.7. The van der Waals surface area contributed by atoms with Crippen molar-refractivity contribution in [2.75, 3.05) is 0 Å². The molecule has 2 bridgehead atoms. The van der Waals surface area contributed by atoms with E-state index in [1.54, 1.807) is 4.40 Å². The van der Waals surface area contributed by atoms with Crippen LogP contribution in [0.15, 0.2) is 119 Å². The second-order valence-corrected chi connectivity index (χ2v) is 9.34. The molecule has 8 aromatic rings. The Balaban J connectivity index is 1.68. The summed E-state index contributed by atoms with van der Waals surface area (Å²) < 4.78 is 3.59. The van der Waals surface area contributed by atoms with E-state index in [1.165, 1.54) is 0 Å². The summed E-state index contributed by atoms with van der Waals surface area (Å²) in [5.41, 5.74) is 2.52. The van der Waals surface area contributed by atoms with Gasteiger partial charge in [-0.1, -0.05) is 78.9 Å². The summed E-state index contributed by atoms with van der Waals surface area (Å²) in [6, 6.07) is 33.7. The van der Waals surface area contributed by atoms with Gasteiger partial charge in [0.25, 0.3) is 11.1 Å². The molecule has 0 fully saturated rings. The van der Waals surface area contributed by atoms with Crippen molar-refractivity contribution in [3.63, 3.8) is 0 Å². The molecule has 0 atom stereocenters. The van der Waals surface area contributed by atoms with Gasteiger partial charge in [0.05, 0.1) is 16.6 Å². The van der Waals surface area contributed by atoms with Gasteiger partial charge >= 0.3 is 0 Å². The SMILES string of the molecule is O=c1c2ccccc2ccccc2cn1c1cc3c4cccc5c6ccccc6c(=O)n(c3cc21)c54. The predicted octanol–water partition coefficient (Wildman–Crippen LogP) is 6.68. The van der Waals surface area contributed by atoms with Crippen LogP contribution in [0.2, 0.25) is 0 Å². The lowest BCUT2D eigenvalue weighted by Gasteiger charge is -2.05. The highest BCUT2D eigenvalue weighted by atomic mass is 16.1. The quantitative estimate of drug-likeness (QED) is 0.236. The molecule has 4 heteroatoms. The molecule has 36 heavy (non-hydrogen) atoms. The van der Waals surface area contributed by atoms with Crippen molar-refractivity contribution in [2.24, 2.45) is 0 Å². The molecule has 0 N–H and O–H groups in total. The second kappa shape index (κ2) is 6.80. The molecule has 0 aliphatic carbocycles. The summed E-state index contributed by atoms with van der Waals surface area (Å²) in [5.74, 6) is 0. The molecule has 0 amide bonds. The molecule has 0 aliphatic heterocycles. The van der Waals surface area contributed by atoms with Crippen LogP contribution >= 0.6 is 0 Å². The van der Waals surface area contributed by atoms with E-state index in [0.29, 0.717) is 10.8 Å². The third-order valence-electron chi connectivity index (χ3n) is 7.47. The molecule has 0 saturated carbocycles. The lowest BCUT2D eigenvalue weighted by atomic mass is 10.0. The number of nitrogens with zero attached hydrogens (tertiary/aromatic N) is 2. The summed E-state index contributed by atoms with van der Waals surface area (Å²) in [6.45, 7) is 0. The molecular formula is C32H18N2O2. The van der Waals surface area contributed by atoms with E-state index < -0.39 is 0 Å². The van der Waals surface area contributed by atoms with Crippen molar-refractivity contribution in [2.45, 2.75) is 0 Å². The first-order valence-corrected chi connectivity index (χ1v) is 12.0. The second-order valence-electron chi connectivity index (χ2n) is 9.34. The monoisotopic (exact) mass is 462 g/mol. The summed E-state index contributed by atoms with van der Waals surface area (Å²) >= 11 is 0. The van der Waals surface area contributed by atoms with Gasteiger partial charge in [0.2, 0.25) is 0 Å². The molecular weight excluding hydrogens is 444 g/mol. The average molecular weight is 463 g/mol. The topological polar surface area (TPSA) is 43.0 Å². The fraction of sp³-hybridized carbons (Fsp3) is 0. The standard InChI is InChI=1S/C32H18N2O2/c35-31-21-11-4-3-9-19(21)8-1-2-10-20-18-33(31)28-17-27-24-15-7-14-23-22-12-5-6-13-25(22)32(36)34(30(23)24)29(27)16-26(20)28/h1-18H. The molecule has 4 nitrogen and oxygen atoms in total. The van der Waals surface area contributed by atoms with E-state index in [1.807, 2.05) is 89.5 Å². The maximum atomic E-state index is 13.8.